The van der Waals surface area contributed by atoms with Crippen molar-refractivity contribution in [1.29, 1.82) is 0 Å². The molecule has 0 saturated carbocycles. The van der Waals surface area contributed by atoms with Gasteiger partial charge in [-0.25, -0.2) is 9.97 Å². The van der Waals surface area contributed by atoms with Gasteiger partial charge in [0, 0.05) is 19.0 Å². The zero-order chi connectivity index (χ0) is 11.1. The van der Waals surface area contributed by atoms with Crippen molar-refractivity contribution in [3.8, 4) is 0 Å². The number of carbonyl (C=O) groups is 1. The van der Waals surface area contributed by atoms with Crippen LogP contribution in [0.25, 0.3) is 0 Å². The first-order chi connectivity index (χ1) is 7.31. The van der Waals surface area contributed by atoms with Crippen molar-refractivity contribution < 1.29 is 9.53 Å². The molecule has 0 radical (unpaired) electrons. The molecule has 15 heavy (non-hydrogen) atoms. The highest BCUT2D eigenvalue weighted by Gasteiger charge is 2.12. The van der Waals surface area contributed by atoms with Gasteiger partial charge in [-0.2, -0.15) is 0 Å². The summed E-state index contributed by atoms with van der Waals surface area (Å²) in [7, 11) is 0. The number of nitrogens with zero attached hydrogens (tertiary/aromatic N) is 2. The normalized spacial score (nSPS) is 12.4. The van der Waals surface area contributed by atoms with Gasteiger partial charge in [-0.15, -0.1) is 0 Å². The summed E-state index contributed by atoms with van der Waals surface area (Å²) >= 11 is 0. The quantitative estimate of drug-likeness (QED) is 0.672. The van der Waals surface area contributed by atoms with E-state index in [0.717, 1.165) is 19.1 Å². The van der Waals surface area contributed by atoms with Crippen molar-refractivity contribution in [3.63, 3.8) is 0 Å². The van der Waals surface area contributed by atoms with E-state index in [1.807, 2.05) is 6.92 Å². The van der Waals surface area contributed by atoms with E-state index in [-0.39, 0.29) is 6.10 Å². The van der Waals surface area contributed by atoms with Crippen LogP contribution in [-0.2, 0) is 4.74 Å². The predicted octanol–water partition coefficient (Wildman–Crippen LogP) is 2.17. The van der Waals surface area contributed by atoms with E-state index in [1.165, 1.54) is 12.4 Å². The Morgan fingerprint density at radius 1 is 1.40 bits per heavy atom. The molecule has 0 amide bonds. The molecule has 0 fully saturated rings. The summed E-state index contributed by atoms with van der Waals surface area (Å²) in [6.07, 6.45) is 5.64. The Kier molecular flexibility index (Phi) is 4.90. The summed E-state index contributed by atoms with van der Waals surface area (Å²) < 4.78 is 5.53. The molecule has 0 aromatic carbocycles. The van der Waals surface area contributed by atoms with Gasteiger partial charge >= 0.3 is 0 Å². The van der Waals surface area contributed by atoms with Crippen LogP contribution in [-0.4, -0.2) is 22.9 Å². The standard InChI is InChI=1S/C11H16N2O2/c1-3-5-10(15-4-2)11-12-6-9(8-14)7-13-11/h6-8,10H,3-5H2,1-2H3. The molecule has 0 saturated heterocycles. The SMILES string of the molecule is CCCC(OCC)c1ncc(C=O)cn1. The monoisotopic (exact) mass is 208 g/mol. The molecule has 4 heteroatoms. The lowest BCUT2D eigenvalue weighted by Gasteiger charge is -2.14. The van der Waals surface area contributed by atoms with Crippen molar-refractivity contribution in [3.05, 3.63) is 23.8 Å². The molecule has 1 rings (SSSR count). The largest absolute Gasteiger partial charge is 0.371 e. The van der Waals surface area contributed by atoms with E-state index in [0.29, 0.717) is 18.0 Å². The fourth-order valence-electron chi connectivity index (χ4n) is 1.33. The lowest BCUT2D eigenvalue weighted by Crippen LogP contribution is -2.08. The molecular formula is C11H16N2O2. The number of ether oxygens (including phenoxy) is 1. The highest BCUT2D eigenvalue weighted by molar-refractivity contribution is 5.73. The second kappa shape index (κ2) is 6.24. The topological polar surface area (TPSA) is 52.1 Å². The zero-order valence-electron chi connectivity index (χ0n) is 9.14. The molecule has 1 atom stereocenters. The molecule has 0 aliphatic carbocycles. The van der Waals surface area contributed by atoms with E-state index in [9.17, 15) is 4.79 Å². The molecule has 0 N–H and O–H groups in total. The van der Waals surface area contributed by atoms with Crippen LogP contribution < -0.4 is 0 Å². The molecule has 0 spiro atoms. The van der Waals surface area contributed by atoms with Crippen molar-refractivity contribution in [2.75, 3.05) is 6.61 Å². The highest BCUT2D eigenvalue weighted by Crippen LogP contribution is 2.18. The number of hydrogen-bond donors (Lipinski definition) is 0. The lowest BCUT2D eigenvalue weighted by molar-refractivity contribution is 0.0493. The molecule has 82 valence electrons. The number of carbonyl (C=O) groups excluding carboxylic acids is 1. The van der Waals surface area contributed by atoms with Crippen LogP contribution in [0.5, 0.6) is 0 Å². The van der Waals surface area contributed by atoms with E-state index >= 15 is 0 Å². The van der Waals surface area contributed by atoms with Gasteiger partial charge < -0.3 is 4.74 Å². The van der Waals surface area contributed by atoms with E-state index < -0.39 is 0 Å². The predicted molar refractivity (Wildman–Crippen MR) is 56.7 cm³/mol. The van der Waals surface area contributed by atoms with Gasteiger partial charge in [0.25, 0.3) is 0 Å². The molecule has 4 nitrogen and oxygen atoms in total. The van der Waals surface area contributed by atoms with E-state index in [2.05, 4.69) is 16.9 Å². The Morgan fingerprint density at radius 2 is 2.07 bits per heavy atom. The molecule has 1 aromatic rings. The molecule has 0 aliphatic heterocycles. The van der Waals surface area contributed by atoms with Gasteiger partial charge in [0.2, 0.25) is 0 Å². The van der Waals surface area contributed by atoms with Gasteiger partial charge in [0.15, 0.2) is 12.1 Å². The van der Waals surface area contributed by atoms with Crippen LogP contribution in [0.4, 0.5) is 0 Å². The summed E-state index contributed by atoms with van der Waals surface area (Å²) in [5.74, 6) is 0.657. The number of aldehydes is 1. The van der Waals surface area contributed by atoms with Crippen molar-refractivity contribution in [2.24, 2.45) is 0 Å². The maximum atomic E-state index is 10.4. The lowest BCUT2D eigenvalue weighted by atomic mass is 10.2. The molecule has 1 unspecified atom stereocenters. The summed E-state index contributed by atoms with van der Waals surface area (Å²) in [5.41, 5.74) is 0.491. The Bertz CT molecular complexity index is 292. The Morgan fingerprint density at radius 3 is 2.53 bits per heavy atom. The molecule has 1 heterocycles. The van der Waals surface area contributed by atoms with Gasteiger partial charge in [0.05, 0.1) is 5.56 Å². The Hall–Kier alpha value is -1.29. The average Bonchev–Trinajstić information content (AvgIpc) is 2.29. The third kappa shape index (κ3) is 3.40. The summed E-state index contributed by atoms with van der Waals surface area (Å²) in [5, 5.41) is 0. The van der Waals surface area contributed by atoms with Crippen LogP contribution in [0.1, 0.15) is 49.0 Å². The minimum atomic E-state index is -0.0549. The average molecular weight is 208 g/mol. The van der Waals surface area contributed by atoms with Crippen LogP contribution in [0.15, 0.2) is 12.4 Å². The fourth-order valence-corrected chi connectivity index (χ4v) is 1.33. The van der Waals surface area contributed by atoms with Gasteiger partial charge in [-0.1, -0.05) is 13.3 Å². The summed E-state index contributed by atoms with van der Waals surface area (Å²) in [6.45, 7) is 4.68. The molecule has 1 aromatic heterocycles. The maximum Gasteiger partial charge on any atom is 0.157 e. The Balaban J connectivity index is 2.76. The molecular weight excluding hydrogens is 192 g/mol. The van der Waals surface area contributed by atoms with Crippen LogP contribution in [0, 0.1) is 0 Å². The van der Waals surface area contributed by atoms with Crippen LogP contribution in [0.3, 0.4) is 0 Å². The van der Waals surface area contributed by atoms with Crippen LogP contribution in [0.2, 0.25) is 0 Å². The second-order valence-corrected chi connectivity index (χ2v) is 3.23. The zero-order valence-corrected chi connectivity index (χ0v) is 9.14. The van der Waals surface area contributed by atoms with E-state index in [1.54, 1.807) is 0 Å². The number of hydrogen-bond acceptors (Lipinski definition) is 4. The highest BCUT2D eigenvalue weighted by atomic mass is 16.5. The first-order valence-electron chi connectivity index (χ1n) is 5.20. The molecule has 0 bridgehead atoms. The fraction of sp³-hybridized carbons (Fsp3) is 0.545. The first kappa shape index (κ1) is 11.8. The minimum absolute atomic E-state index is 0.0549. The second-order valence-electron chi connectivity index (χ2n) is 3.23. The maximum absolute atomic E-state index is 10.4. The first-order valence-corrected chi connectivity index (χ1v) is 5.20. The minimum Gasteiger partial charge on any atom is -0.371 e. The van der Waals surface area contributed by atoms with Crippen LogP contribution >= 0.6 is 0 Å². The smallest absolute Gasteiger partial charge is 0.157 e. The van der Waals surface area contributed by atoms with Crippen molar-refractivity contribution >= 4 is 6.29 Å². The Labute approximate surface area is 89.7 Å². The van der Waals surface area contributed by atoms with Gasteiger partial charge in [-0.3, -0.25) is 4.79 Å². The molecule has 0 aliphatic rings. The summed E-state index contributed by atoms with van der Waals surface area (Å²) in [6, 6.07) is 0. The van der Waals surface area contributed by atoms with Gasteiger partial charge in [0.1, 0.15) is 6.10 Å². The third-order valence-corrected chi connectivity index (χ3v) is 2.03. The van der Waals surface area contributed by atoms with Gasteiger partial charge in [-0.05, 0) is 13.3 Å². The number of rotatable bonds is 6. The number of aromatic nitrogens is 2. The van der Waals surface area contributed by atoms with E-state index in [4.69, 9.17) is 4.74 Å². The van der Waals surface area contributed by atoms with Crippen molar-refractivity contribution in [2.45, 2.75) is 32.8 Å². The van der Waals surface area contributed by atoms with Crippen molar-refractivity contribution in [1.82, 2.24) is 9.97 Å². The summed E-state index contributed by atoms with van der Waals surface area (Å²) in [4.78, 5) is 18.7. The third-order valence-electron chi connectivity index (χ3n) is 2.03.